The number of nitrogens with one attached hydrogen (secondary N) is 1. The Labute approximate surface area is 101 Å². The summed E-state index contributed by atoms with van der Waals surface area (Å²) in [4.78, 5) is 12.2. The molecule has 0 bridgehead atoms. The zero-order valence-electron chi connectivity index (χ0n) is 10.1. The van der Waals surface area contributed by atoms with Crippen molar-refractivity contribution >= 4 is 5.91 Å². The summed E-state index contributed by atoms with van der Waals surface area (Å²) in [6.07, 6.45) is 8.48. The Hall–Kier alpha value is -1.39. The summed E-state index contributed by atoms with van der Waals surface area (Å²) in [6, 6.07) is 0. The number of hydrogen-bond donors (Lipinski definition) is 1. The van der Waals surface area contributed by atoms with Gasteiger partial charge in [-0.05, 0) is 19.9 Å². The van der Waals surface area contributed by atoms with Crippen molar-refractivity contribution in [2.24, 2.45) is 0 Å². The Morgan fingerprint density at radius 1 is 1.53 bits per heavy atom. The third-order valence-corrected chi connectivity index (χ3v) is 2.75. The van der Waals surface area contributed by atoms with Crippen molar-refractivity contribution < 1.29 is 14.3 Å². The van der Waals surface area contributed by atoms with Gasteiger partial charge in [0, 0.05) is 6.54 Å². The van der Waals surface area contributed by atoms with E-state index < -0.39 is 11.4 Å². The first-order valence-corrected chi connectivity index (χ1v) is 5.63. The van der Waals surface area contributed by atoms with Crippen molar-refractivity contribution in [2.45, 2.75) is 31.3 Å². The highest BCUT2D eigenvalue weighted by Crippen LogP contribution is 2.40. The maximum absolute atomic E-state index is 12.2. The van der Waals surface area contributed by atoms with Crippen molar-refractivity contribution in [2.75, 3.05) is 6.54 Å². The van der Waals surface area contributed by atoms with Crippen LogP contribution >= 0.6 is 0 Å². The monoisotopic (exact) mass is 235 g/mol. The van der Waals surface area contributed by atoms with E-state index in [2.05, 4.69) is 11.9 Å². The molecule has 1 N–H and O–H groups in total. The fourth-order valence-electron chi connectivity index (χ4n) is 2.11. The average Bonchev–Trinajstić information content (AvgIpc) is 2.56. The maximum Gasteiger partial charge on any atom is 0.259 e. The van der Waals surface area contributed by atoms with Crippen molar-refractivity contribution in [3.8, 4) is 0 Å². The number of amides is 1. The number of carbonyl (C=O) groups is 1. The third kappa shape index (κ3) is 2.06. The number of carbonyl (C=O) groups excluding carboxylic acids is 1. The molecule has 1 aliphatic carbocycles. The minimum Gasteiger partial charge on any atom is -0.350 e. The van der Waals surface area contributed by atoms with E-state index in [0.717, 1.165) is 0 Å². The second-order valence-electron chi connectivity index (χ2n) is 4.58. The van der Waals surface area contributed by atoms with Gasteiger partial charge < -0.3 is 14.8 Å². The molecule has 2 rings (SSSR count). The number of ether oxygens (including phenoxy) is 2. The smallest absolute Gasteiger partial charge is 0.259 e. The topological polar surface area (TPSA) is 47.6 Å². The van der Waals surface area contributed by atoms with Crippen molar-refractivity contribution in [3.05, 3.63) is 37.0 Å². The second-order valence-corrected chi connectivity index (χ2v) is 4.58. The summed E-state index contributed by atoms with van der Waals surface area (Å²) in [5, 5.41) is 2.75. The highest BCUT2D eigenvalue weighted by molar-refractivity contribution is 5.89. The van der Waals surface area contributed by atoms with Crippen molar-refractivity contribution in [1.82, 2.24) is 5.32 Å². The number of allylic oxidation sites excluding steroid dienone is 2. The lowest BCUT2D eigenvalue weighted by Gasteiger charge is -2.28. The predicted molar refractivity (Wildman–Crippen MR) is 64.3 cm³/mol. The van der Waals surface area contributed by atoms with Gasteiger partial charge in [-0.3, -0.25) is 4.79 Å². The molecule has 0 unspecified atom stereocenters. The maximum atomic E-state index is 12.2. The minimum absolute atomic E-state index is 0.200. The molecule has 1 heterocycles. The standard InChI is InChI=1S/C13H17NO3/c1-4-9-14-11(15)13-8-6-5-7-10(13)16-12(2,3)17-13/h4-8,10H,1,9H2,2-3H3,(H,14,15)/t10-,13+/m1/s1. The molecule has 1 saturated heterocycles. The third-order valence-electron chi connectivity index (χ3n) is 2.75. The molecule has 17 heavy (non-hydrogen) atoms. The van der Waals surface area contributed by atoms with Crippen LogP contribution in [0.15, 0.2) is 37.0 Å². The van der Waals surface area contributed by atoms with Crippen LogP contribution in [0.3, 0.4) is 0 Å². The summed E-state index contributed by atoms with van der Waals surface area (Å²) < 4.78 is 11.5. The first-order chi connectivity index (χ1) is 8.00. The Kier molecular flexibility index (Phi) is 2.93. The van der Waals surface area contributed by atoms with Gasteiger partial charge in [0.2, 0.25) is 0 Å². The average molecular weight is 235 g/mol. The largest absolute Gasteiger partial charge is 0.350 e. The van der Waals surface area contributed by atoms with Crippen LogP contribution in [0, 0.1) is 0 Å². The predicted octanol–water partition coefficient (Wildman–Crippen LogP) is 1.30. The number of hydrogen-bond acceptors (Lipinski definition) is 3. The fraction of sp³-hybridized carbons (Fsp3) is 0.462. The summed E-state index contributed by atoms with van der Waals surface area (Å²) in [7, 11) is 0. The van der Waals surface area contributed by atoms with E-state index >= 15 is 0 Å². The van der Waals surface area contributed by atoms with Gasteiger partial charge in [0.15, 0.2) is 11.4 Å². The van der Waals surface area contributed by atoms with E-state index in [1.165, 1.54) is 0 Å². The molecule has 0 aromatic rings. The van der Waals surface area contributed by atoms with E-state index in [1.54, 1.807) is 32.1 Å². The summed E-state index contributed by atoms with van der Waals surface area (Å²) in [5.41, 5.74) is -1.05. The first-order valence-electron chi connectivity index (χ1n) is 5.63. The number of rotatable bonds is 3. The Bertz CT molecular complexity index is 397. The highest BCUT2D eigenvalue weighted by Gasteiger charge is 2.56. The fourth-order valence-corrected chi connectivity index (χ4v) is 2.11. The van der Waals surface area contributed by atoms with Crippen LogP contribution in [0.4, 0.5) is 0 Å². The molecule has 0 radical (unpaired) electrons. The van der Waals surface area contributed by atoms with E-state index in [1.807, 2.05) is 12.2 Å². The van der Waals surface area contributed by atoms with Gasteiger partial charge in [-0.1, -0.05) is 24.3 Å². The molecule has 1 aliphatic heterocycles. The molecule has 2 aliphatic rings. The van der Waals surface area contributed by atoms with Crippen LogP contribution in [0.25, 0.3) is 0 Å². The zero-order chi connectivity index (χ0) is 12.5. The summed E-state index contributed by atoms with van der Waals surface area (Å²) in [6.45, 7) is 7.58. The van der Waals surface area contributed by atoms with Gasteiger partial charge >= 0.3 is 0 Å². The van der Waals surface area contributed by atoms with Gasteiger partial charge in [-0.2, -0.15) is 0 Å². The lowest BCUT2D eigenvalue weighted by molar-refractivity contribution is -0.165. The molecule has 0 saturated carbocycles. The molecule has 1 fully saturated rings. The molecule has 0 aromatic heterocycles. The minimum atomic E-state index is -1.05. The molecule has 2 atom stereocenters. The van der Waals surface area contributed by atoms with E-state index in [4.69, 9.17) is 9.47 Å². The van der Waals surface area contributed by atoms with Gasteiger partial charge in [0.25, 0.3) is 5.91 Å². The lowest BCUT2D eigenvalue weighted by Crippen LogP contribution is -2.52. The van der Waals surface area contributed by atoms with Gasteiger partial charge in [-0.25, -0.2) is 0 Å². The second kappa shape index (κ2) is 4.13. The van der Waals surface area contributed by atoms with Crippen LogP contribution in [-0.2, 0) is 14.3 Å². The molecule has 0 spiro atoms. The molecule has 4 heteroatoms. The molecular formula is C13H17NO3. The van der Waals surface area contributed by atoms with E-state index in [0.29, 0.717) is 6.54 Å². The van der Waals surface area contributed by atoms with Crippen molar-refractivity contribution in [3.63, 3.8) is 0 Å². The van der Waals surface area contributed by atoms with Gasteiger partial charge in [-0.15, -0.1) is 6.58 Å². The number of fused-ring (bicyclic) bond motifs is 1. The van der Waals surface area contributed by atoms with Crippen LogP contribution < -0.4 is 5.32 Å². The normalized spacial score (nSPS) is 33.2. The molecule has 0 aromatic carbocycles. The van der Waals surface area contributed by atoms with Gasteiger partial charge in [0.05, 0.1) is 0 Å². The molecule has 4 nitrogen and oxygen atoms in total. The highest BCUT2D eigenvalue weighted by atomic mass is 16.8. The van der Waals surface area contributed by atoms with Crippen LogP contribution in [0.1, 0.15) is 13.8 Å². The Morgan fingerprint density at radius 2 is 2.29 bits per heavy atom. The quantitative estimate of drug-likeness (QED) is 0.750. The SMILES string of the molecule is C=CCNC(=O)[C@]12C=CC=C[C@H]1OC(C)(C)O2. The van der Waals surface area contributed by atoms with Crippen LogP contribution in [0.2, 0.25) is 0 Å². The first kappa shape index (κ1) is 12.1. The molecular weight excluding hydrogens is 218 g/mol. The van der Waals surface area contributed by atoms with Gasteiger partial charge in [0.1, 0.15) is 6.10 Å². The summed E-state index contributed by atoms with van der Waals surface area (Å²) >= 11 is 0. The molecule has 92 valence electrons. The van der Waals surface area contributed by atoms with Crippen LogP contribution in [0.5, 0.6) is 0 Å². The van der Waals surface area contributed by atoms with E-state index in [-0.39, 0.29) is 12.0 Å². The lowest BCUT2D eigenvalue weighted by atomic mass is 9.91. The Balaban J connectivity index is 2.26. The van der Waals surface area contributed by atoms with E-state index in [9.17, 15) is 4.79 Å². The van der Waals surface area contributed by atoms with Crippen molar-refractivity contribution in [1.29, 1.82) is 0 Å². The summed E-state index contributed by atoms with van der Waals surface area (Å²) in [5.74, 6) is -0.969. The van der Waals surface area contributed by atoms with Crippen LogP contribution in [-0.4, -0.2) is 29.9 Å². The Morgan fingerprint density at radius 3 is 3.00 bits per heavy atom. The zero-order valence-corrected chi connectivity index (χ0v) is 10.1. The molecule has 1 amide bonds.